The number of hydrogen-bond donors (Lipinski definition) is 2. The lowest BCUT2D eigenvalue weighted by molar-refractivity contribution is -0.140. The second kappa shape index (κ2) is 6.04. The van der Waals surface area contributed by atoms with Gasteiger partial charge in [0.1, 0.15) is 16.7 Å². The number of nitrogens with one attached hydrogen (secondary N) is 1. The number of aliphatic carboxylic acids is 1. The number of carboxylic acid groups (broad SMARTS) is 1. The minimum atomic E-state index is -1.04. The third-order valence-electron chi connectivity index (χ3n) is 3.46. The van der Waals surface area contributed by atoms with E-state index >= 15 is 0 Å². The number of hydrogen-bond acceptors (Lipinski definition) is 5. The molecule has 0 aliphatic rings. The number of amides is 1. The molecule has 7 nitrogen and oxygen atoms in total. The van der Waals surface area contributed by atoms with Gasteiger partial charge in [0, 0.05) is 11.6 Å². The Kier molecular flexibility index (Phi) is 4.50. The summed E-state index contributed by atoms with van der Waals surface area (Å²) in [6.45, 7) is 9.35. The Bertz CT molecular complexity index is 717. The molecular formula is C14H20N4O3S. The molecule has 0 aliphatic carbocycles. The number of fused-ring (bicyclic) bond motifs is 1. The number of rotatable bonds is 5. The SMILES string of the molecule is Cc1c(C(=O)NC(C(=O)O)C(C)C)sc2nnc(C(C)C)n12. The number of aryl methyl sites for hydroxylation is 1. The topological polar surface area (TPSA) is 96.6 Å². The second-order valence-corrected chi connectivity index (χ2v) is 6.86. The number of carbonyl (C=O) groups excluding carboxylic acids is 1. The molecule has 1 amide bonds. The first-order chi connectivity index (χ1) is 10.2. The van der Waals surface area contributed by atoms with Gasteiger partial charge in [-0.25, -0.2) is 4.79 Å². The number of carboxylic acids is 1. The standard InChI is InChI=1S/C14H20N4O3S/c1-6(2)9(13(20)21)15-12(19)10-8(5)18-11(7(3)4)16-17-14(18)22-10/h6-7,9H,1-5H3,(H,15,19)(H,20,21). The maximum absolute atomic E-state index is 12.4. The number of nitrogens with zero attached hydrogens (tertiary/aromatic N) is 3. The fourth-order valence-electron chi connectivity index (χ4n) is 2.23. The molecule has 1 atom stereocenters. The van der Waals surface area contributed by atoms with Gasteiger partial charge in [0.25, 0.3) is 5.91 Å². The van der Waals surface area contributed by atoms with Gasteiger partial charge in [0.15, 0.2) is 0 Å². The van der Waals surface area contributed by atoms with Crippen LogP contribution in [0.5, 0.6) is 0 Å². The fourth-order valence-corrected chi connectivity index (χ4v) is 3.21. The highest BCUT2D eigenvalue weighted by molar-refractivity contribution is 7.19. The first kappa shape index (κ1) is 16.4. The van der Waals surface area contributed by atoms with Crippen molar-refractivity contribution < 1.29 is 14.7 Å². The molecule has 0 fully saturated rings. The van der Waals surface area contributed by atoms with Crippen molar-refractivity contribution in [3.8, 4) is 0 Å². The van der Waals surface area contributed by atoms with Crippen LogP contribution in [0.3, 0.4) is 0 Å². The van der Waals surface area contributed by atoms with Gasteiger partial charge < -0.3 is 10.4 Å². The normalized spacial score (nSPS) is 13.0. The maximum Gasteiger partial charge on any atom is 0.326 e. The smallest absolute Gasteiger partial charge is 0.326 e. The van der Waals surface area contributed by atoms with Crippen molar-refractivity contribution in [2.45, 2.75) is 46.6 Å². The average Bonchev–Trinajstić information content (AvgIpc) is 2.95. The molecule has 1 unspecified atom stereocenters. The van der Waals surface area contributed by atoms with Crippen LogP contribution in [-0.2, 0) is 4.79 Å². The molecule has 22 heavy (non-hydrogen) atoms. The van der Waals surface area contributed by atoms with Gasteiger partial charge in [0.05, 0.1) is 0 Å². The van der Waals surface area contributed by atoms with Crippen molar-refractivity contribution in [1.82, 2.24) is 19.9 Å². The highest BCUT2D eigenvalue weighted by Crippen LogP contribution is 2.25. The van der Waals surface area contributed by atoms with Crippen LogP contribution < -0.4 is 5.32 Å². The van der Waals surface area contributed by atoms with E-state index in [1.54, 1.807) is 13.8 Å². The van der Waals surface area contributed by atoms with Gasteiger partial charge in [-0.05, 0) is 12.8 Å². The predicted molar refractivity (Wildman–Crippen MR) is 83.4 cm³/mol. The van der Waals surface area contributed by atoms with Crippen molar-refractivity contribution in [3.63, 3.8) is 0 Å². The summed E-state index contributed by atoms with van der Waals surface area (Å²) in [7, 11) is 0. The van der Waals surface area contributed by atoms with E-state index in [0.717, 1.165) is 11.5 Å². The van der Waals surface area contributed by atoms with Gasteiger partial charge in [-0.3, -0.25) is 9.20 Å². The molecule has 2 N–H and O–H groups in total. The number of thiazole rings is 1. The van der Waals surface area contributed by atoms with Gasteiger partial charge in [-0.1, -0.05) is 39.0 Å². The van der Waals surface area contributed by atoms with Crippen molar-refractivity contribution >= 4 is 28.2 Å². The van der Waals surface area contributed by atoms with Crippen LogP contribution in [0.4, 0.5) is 0 Å². The van der Waals surface area contributed by atoms with Gasteiger partial charge in [-0.15, -0.1) is 10.2 Å². The Labute approximate surface area is 132 Å². The first-order valence-corrected chi connectivity index (χ1v) is 7.93. The minimum Gasteiger partial charge on any atom is -0.480 e. The quantitative estimate of drug-likeness (QED) is 0.877. The van der Waals surface area contributed by atoms with Gasteiger partial charge in [0.2, 0.25) is 4.96 Å². The van der Waals surface area contributed by atoms with E-state index in [1.807, 2.05) is 25.2 Å². The summed E-state index contributed by atoms with van der Waals surface area (Å²) in [6, 6.07) is -0.913. The lowest BCUT2D eigenvalue weighted by Gasteiger charge is -2.17. The molecule has 0 radical (unpaired) electrons. The van der Waals surface area contributed by atoms with Crippen molar-refractivity contribution in [1.29, 1.82) is 0 Å². The van der Waals surface area contributed by atoms with Crippen LogP contribution in [0, 0.1) is 12.8 Å². The number of carbonyl (C=O) groups is 2. The van der Waals surface area contributed by atoms with E-state index in [9.17, 15) is 14.7 Å². The number of aromatic nitrogens is 3. The molecule has 0 saturated carbocycles. The molecule has 2 rings (SSSR count). The molecule has 0 aliphatic heterocycles. The summed E-state index contributed by atoms with van der Waals surface area (Å²) < 4.78 is 1.86. The summed E-state index contributed by atoms with van der Waals surface area (Å²) in [6.07, 6.45) is 0. The molecule has 0 spiro atoms. The maximum atomic E-state index is 12.4. The highest BCUT2D eigenvalue weighted by Gasteiger charge is 2.27. The van der Waals surface area contributed by atoms with Crippen LogP contribution >= 0.6 is 11.3 Å². The monoisotopic (exact) mass is 324 g/mol. The second-order valence-electron chi connectivity index (χ2n) is 5.88. The zero-order chi connectivity index (χ0) is 16.6. The third-order valence-corrected chi connectivity index (χ3v) is 4.59. The van der Waals surface area contributed by atoms with E-state index in [-0.39, 0.29) is 17.7 Å². The Balaban J connectivity index is 2.37. The van der Waals surface area contributed by atoms with Crippen molar-refractivity contribution in [2.24, 2.45) is 5.92 Å². The molecule has 120 valence electrons. The molecule has 8 heteroatoms. The predicted octanol–water partition coefficient (Wildman–Crippen LogP) is 2.06. The molecule has 0 aromatic carbocycles. The van der Waals surface area contributed by atoms with E-state index in [4.69, 9.17) is 0 Å². The molecule has 2 aromatic rings. The van der Waals surface area contributed by atoms with E-state index in [2.05, 4.69) is 15.5 Å². The largest absolute Gasteiger partial charge is 0.480 e. The van der Waals surface area contributed by atoms with Crippen LogP contribution in [0.15, 0.2) is 0 Å². The molecule has 0 bridgehead atoms. The summed E-state index contributed by atoms with van der Waals surface area (Å²) in [5, 5.41) is 20.0. The first-order valence-electron chi connectivity index (χ1n) is 7.12. The van der Waals surface area contributed by atoms with Crippen LogP contribution in [0.25, 0.3) is 4.96 Å². The highest BCUT2D eigenvalue weighted by atomic mass is 32.1. The molecule has 2 aromatic heterocycles. The lowest BCUT2D eigenvalue weighted by Crippen LogP contribution is -2.44. The third kappa shape index (κ3) is 2.83. The van der Waals surface area contributed by atoms with E-state index in [1.165, 1.54) is 11.3 Å². The zero-order valence-electron chi connectivity index (χ0n) is 13.2. The summed E-state index contributed by atoms with van der Waals surface area (Å²) in [4.78, 5) is 24.7. The van der Waals surface area contributed by atoms with Gasteiger partial charge in [-0.2, -0.15) is 0 Å². The molecular weight excluding hydrogens is 304 g/mol. The van der Waals surface area contributed by atoms with Crippen molar-refractivity contribution in [3.05, 3.63) is 16.4 Å². The summed E-state index contributed by atoms with van der Waals surface area (Å²) >= 11 is 1.22. The minimum absolute atomic E-state index is 0.182. The van der Waals surface area contributed by atoms with Crippen LogP contribution in [0.2, 0.25) is 0 Å². The summed E-state index contributed by atoms with van der Waals surface area (Å²) in [5.41, 5.74) is 0.735. The van der Waals surface area contributed by atoms with Crippen LogP contribution in [0.1, 0.15) is 54.8 Å². The lowest BCUT2D eigenvalue weighted by atomic mass is 10.0. The zero-order valence-corrected chi connectivity index (χ0v) is 14.1. The molecule has 2 heterocycles. The Morgan fingerprint density at radius 1 is 1.23 bits per heavy atom. The fraction of sp³-hybridized carbons (Fsp3) is 0.571. The average molecular weight is 324 g/mol. The van der Waals surface area contributed by atoms with Crippen LogP contribution in [-0.4, -0.2) is 37.6 Å². The Hall–Kier alpha value is -1.96. The molecule has 0 saturated heterocycles. The Morgan fingerprint density at radius 3 is 2.36 bits per heavy atom. The van der Waals surface area contributed by atoms with E-state index in [0.29, 0.717) is 9.84 Å². The summed E-state index contributed by atoms with van der Waals surface area (Å²) in [5.74, 6) is -0.641. The van der Waals surface area contributed by atoms with E-state index < -0.39 is 12.0 Å². The van der Waals surface area contributed by atoms with Crippen molar-refractivity contribution in [2.75, 3.05) is 0 Å². The Morgan fingerprint density at radius 2 is 1.86 bits per heavy atom. The van der Waals surface area contributed by atoms with Gasteiger partial charge >= 0.3 is 5.97 Å².